The largest absolute Gasteiger partial charge is 0.393 e. The number of rotatable bonds is 4. The summed E-state index contributed by atoms with van der Waals surface area (Å²) in [5, 5.41) is 9.17. The number of likely N-dealkylation sites (tertiary alicyclic amines) is 1. The summed E-state index contributed by atoms with van der Waals surface area (Å²) in [6, 6.07) is 0. The van der Waals surface area contributed by atoms with Crippen molar-refractivity contribution in [1.29, 1.82) is 0 Å². The third-order valence-corrected chi connectivity index (χ3v) is 2.69. The molecule has 3 nitrogen and oxygen atoms in total. The molecule has 1 atom stereocenters. The maximum absolute atomic E-state index is 9.17. The second kappa shape index (κ2) is 4.61. The van der Waals surface area contributed by atoms with Crippen LogP contribution in [-0.2, 0) is 4.74 Å². The molecular formula is C10H17NO2. The first kappa shape index (κ1) is 10.5. The zero-order valence-electron chi connectivity index (χ0n) is 8.12. The van der Waals surface area contributed by atoms with Crippen molar-refractivity contribution in [3.8, 4) is 12.3 Å². The molecule has 0 aromatic carbocycles. The third kappa shape index (κ3) is 2.44. The Morgan fingerprint density at radius 1 is 1.69 bits per heavy atom. The van der Waals surface area contributed by atoms with E-state index < -0.39 is 0 Å². The van der Waals surface area contributed by atoms with E-state index >= 15 is 0 Å². The highest BCUT2D eigenvalue weighted by Crippen LogP contribution is 2.23. The fourth-order valence-electron chi connectivity index (χ4n) is 1.70. The second-order valence-electron chi connectivity index (χ2n) is 3.53. The fourth-order valence-corrected chi connectivity index (χ4v) is 1.70. The van der Waals surface area contributed by atoms with Gasteiger partial charge in [-0.1, -0.05) is 0 Å². The van der Waals surface area contributed by atoms with Gasteiger partial charge in [0.15, 0.2) is 0 Å². The predicted octanol–water partition coefficient (Wildman–Crippen LogP) is 0.0929. The Balaban J connectivity index is 2.39. The van der Waals surface area contributed by atoms with Gasteiger partial charge in [0.1, 0.15) is 5.60 Å². The molecule has 1 N–H and O–H groups in total. The van der Waals surface area contributed by atoms with Crippen LogP contribution in [0, 0.1) is 12.3 Å². The molecule has 1 saturated heterocycles. The first-order chi connectivity index (χ1) is 6.26. The van der Waals surface area contributed by atoms with Gasteiger partial charge in [0.05, 0.1) is 6.61 Å². The molecule has 0 radical (unpaired) electrons. The Kier molecular flexibility index (Phi) is 3.73. The maximum Gasteiger partial charge on any atom is 0.105 e. The number of terminal acetylenes is 1. The lowest BCUT2D eigenvalue weighted by Crippen LogP contribution is -2.39. The van der Waals surface area contributed by atoms with E-state index in [0.717, 1.165) is 32.5 Å². The molecule has 0 aromatic heterocycles. The van der Waals surface area contributed by atoms with Gasteiger partial charge in [-0.3, -0.25) is 4.90 Å². The monoisotopic (exact) mass is 183 g/mol. The topological polar surface area (TPSA) is 32.7 Å². The lowest BCUT2D eigenvalue weighted by molar-refractivity contribution is -0.0427. The molecule has 3 heteroatoms. The highest BCUT2D eigenvalue weighted by Gasteiger charge is 2.37. The van der Waals surface area contributed by atoms with E-state index in [-0.39, 0.29) is 12.2 Å². The average Bonchev–Trinajstić information content (AvgIpc) is 2.59. The van der Waals surface area contributed by atoms with Gasteiger partial charge in [0, 0.05) is 33.2 Å². The van der Waals surface area contributed by atoms with Crippen LogP contribution in [0.15, 0.2) is 0 Å². The second-order valence-corrected chi connectivity index (χ2v) is 3.53. The Hall–Kier alpha value is -0.560. The molecule has 1 unspecified atom stereocenters. The number of aliphatic hydroxyl groups is 1. The number of aliphatic hydroxyl groups excluding tert-OH is 1. The predicted molar refractivity (Wildman–Crippen MR) is 51.3 cm³/mol. The Labute approximate surface area is 79.7 Å². The van der Waals surface area contributed by atoms with Gasteiger partial charge in [-0.25, -0.2) is 0 Å². The van der Waals surface area contributed by atoms with Crippen LogP contribution in [-0.4, -0.2) is 49.0 Å². The first-order valence-electron chi connectivity index (χ1n) is 4.58. The molecule has 1 rings (SSSR count). The summed E-state index contributed by atoms with van der Waals surface area (Å²) < 4.78 is 5.31. The minimum atomic E-state index is -0.339. The van der Waals surface area contributed by atoms with Crippen molar-refractivity contribution < 1.29 is 9.84 Å². The van der Waals surface area contributed by atoms with Crippen LogP contribution >= 0.6 is 0 Å². The van der Waals surface area contributed by atoms with Gasteiger partial charge >= 0.3 is 0 Å². The summed E-state index contributed by atoms with van der Waals surface area (Å²) in [5.41, 5.74) is -0.339. The minimum absolute atomic E-state index is 0.0933. The Morgan fingerprint density at radius 3 is 2.92 bits per heavy atom. The SMILES string of the molecule is C#CCCN1CCC(CO)(OC)C1. The molecule has 13 heavy (non-hydrogen) atoms. The van der Waals surface area contributed by atoms with E-state index in [9.17, 15) is 0 Å². The number of ether oxygens (including phenoxy) is 1. The summed E-state index contributed by atoms with van der Waals surface area (Å²) in [6.45, 7) is 2.76. The molecule has 1 aliphatic heterocycles. The van der Waals surface area contributed by atoms with E-state index in [1.165, 1.54) is 0 Å². The van der Waals surface area contributed by atoms with Crippen LogP contribution in [0.4, 0.5) is 0 Å². The molecular weight excluding hydrogens is 166 g/mol. The van der Waals surface area contributed by atoms with E-state index in [1.54, 1.807) is 7.11 Å². The van der Waals surface area contributed by atoms with E-state index in [2.05, 4.69) is 10.8 Å². The van der Waals surface area contributed by atoms with Gasteiger partial charge in [-0.2, -0.15) is 0 Å². The molecule has 0 amide bonds. The Morgan fingerprint density at radius 2 is 2.46 bits per heavy atom. The summed E-state index contributed by atoms with van der Waals surface area (Å²) in [6.07, 6.45) is 6.84. The van der Waals surface area contributed by atoms with Gasteiger partial charge in [-0.15, -0.1) is 12.3 Å². The normalized spacial score (nSPS) is 29.0. The summed E-state index contributed by atoms with van der Waals surface area (Å²) in [5.74, 6) is 2.61. The van der Waals surface area contributed by atoms with Crippen molar-refractivity contribution in [3.63, 3.8) is 0 Å². The van der Waals surface area contributed by atoms with Crippen molar-refractivity contribution in [2.75, 3.05) is 33.4 Å². The third-order valence-electron chi connectivity index (χ3n) is 2.69. The standard InChI is InChI=1S/C10H17NO2/c1-3-4-6-11-7-5-10(8-11,9-12)13-2/h1,12H,4-9H2,2H3. The number of nitrogens with zero attached hydrogens (tertiary/aromatic N) is 1. The molecule has 74 valence electrons. The van der Waals surface area contributed by atoms with Crippen LogP contribution in [0.25, 0.3) is 0 Å². The van der Waals surface area contributed by atoms with Crippen LogP contribution < -0.4 is 0 Å². The zero-order valence-corrected chi connectivity index (χ0v) is 8.12. The van der Waals surface area contributed by atoms with Crippen LogP contribution in [0.3, 0.4) is 0 Å². The molecule has 0 aliphatic carbocycles. The fraction of sp³-hybridized carbons (Fsp3) is 0.800. The summed E-state index contributed by atoms with van der Waals surface area (Å²) in [4.78, 5) is 2.24. The smallest absolute Gasteiger partial charge is 0.105 e. The summed E-state index contributed by atoms with van der Waals surface area (Å²) in [7, 11) is 1.65. The van der Waals surface area contributed by atoms with Gasteiger partial charge < -0.3 is 9.84 Å². The van der Waals surface area contributed by atoms with Crippen molar-refractivity contribution in [2.24, 2.45) is 0 Å². The molecule has 1 heterocycles. The van der Waals surface area contributed by atoms with E-state index in [4.69, 9.17) is 16.3 Å². The minimum Gasteiger partial charge on any atom is -0.393 e. The molecule has 0 saturated carbocycles. The number of hydrogen-bond donors (Lipinski definition) is 1. The van der Waals surface area contributed by atoms with Crippen LogP contribution in [0.2, 0.25) is 0 Å². The van der Waals surface area contributed by atoms with E-state index in [1.807, 2.05) is 0 Å². The quantitative estimate of drug-likeness (QED) is 0.627. The maximum atomic E-state index is 9.17. The van der Waals surface area contributed by atoms with Crippen LogP contribution in [0.5, 0.6) is 0 Å². The van der Waals surface area contributed by atoms with Crippen LogP contribution in [0.1, 0.15) is 12.8 Å². The number of hydrogen-bond acceptors (Lipinski definition) is 3. The average molecular weight is 183 g/mol. The van der Waals surface area contributed by atoms with Crippen molar-refractivity contribution in [1.82, 2.24) is 4.90 Å². The lowest BCUT2D eigenvalue weighted by atomic mass is 10.1. The molecule has 1 aliphatic rings. The summed E-state index contributed by atoms with van der Waals surface area (Å²) >= 11 is 0. The molecule has 1 fully saturated rings. The zero-order chi connectivity index (χ0) is 9.73. The molecule has 0 aromatic rings. The number of methoxy groups -OCH3 is 1. The van der Waals surface area contributed by atoms with Crippen molar-refractivity contribution >= 4 is 0 Å². The van der Waals surface area contributed by atoms with Crippen molar-refractivity contribution in [2.45, 2.75) is 18.4 Å². The lowest BCUT2D eigenvalue weighted by Gasteiger charge is -2.25. The van der Waals surface area contributed by atoms with Crippen molar-refractivity contribution in [3.05, 3.63) is 0 Å². The Bertz CT molecular complexity index is 194. The molecule has 0 spiro atoms. The first-order valence-corrected chi connectivity index (χ1v) is 4.58. The molecule has 0 bridgehead atoms. The highest BCUT2D eigenvalue weighted by atomic mass is 16.5. The van der Waals surface area contributed by atoms with Gasteiger partial charge in [0.2, 0.25) is 0 Å². The van der Waals surface area contributed by atoms with Gasteiger partial charge in [0.25, 0.3) is 0 Å². The van der Waals surface area contributed by atoms with Gasteiger partial charge in [-0.05, 0) is 6.42 Å². The van der Waals surface area contributed by atoms with E-state index in [0.29, 0.717) is 0 Å². The highest BCUT2D eigenvalue weighted by molar-refractivity contribution is 4.93.